The van der Waals surface area contributed by atoms with Crippen molar-refractivity contribution in [3.8, 4) is 0 Å². The summed E-state index contributed by atoms with van der Waals surface area (Å²) >= 11 is 1.23. The van der Waals surface area contributed by atoms with E-state index in [9.17, 15) is 23.3 Å². The zero-order valence-electron chi connectivity index (χ0n) is 18.3. The van der Waals surface area contributed by atoms with Crippen molar-refractivity contribution in [2.24, 2.45) is 12.0 Å². The first-order valence-electron chi connectivity index (χ1n) is 10.1. The number of amides is 1. The normalized spacial score (nSPS) is 12.4. The molecule has 1 heterocycles. The van der Waals surface area contributed by atoms with Crippen LogP contribution in [0.4, 0.5) is 5.69 Å². The number of hydrogen-bond donors (Lipinski definition) is 0. The van der Waals surface area contributed by atoms with Crippen LogP contribution in [-0.2, 0) is 23.6 Å². The number of carbonyl (C=O) groups excluding carboxylic acids is 1. The van der Waals surface area contributed by atoms with Crippen molar-refractivity contribution >= 4 is 43.2 Å². The van der Waals surface area contributed by atoms with Crippen LogP contribution in [0.1, 0.15) is 15.9 Å². The summed E-state index contributed by atoms with van der Waals surface area (Å²) in [5, 5.41) is 11.0. The number of nitrogens with zero attached hydrogens (tertiary/aromatic N) is 4. The zero-order valence-corrected chi connectivity index (χ0v) is 19.9. The van der Waals surface area contributed by atoms with Gasteiger partial charge in [0.15, 0.2) is 4.80 Å². The lowest BCUT2D eigenvalue weighted by Crippen LogP contribution is -2.26. The molecule has 0 aliphatic carbocycles. The minimum absolute atomic E-state index is 0.0483. The SMILES string of the molecule is CN(Cc1ccccc1)S(=O)(=O)c1ccc(C(=O)N=c2sc3ccc([N+](=O)[O-])cc3n2C)cc1. The average Bonchev–Trinajstić information content (AvgIpc) is 3.14. The van der Waals surface area contributed by atoms with Crippen molar-refractivity contribution in [2.45, 2.75) is 11.4 Å². The number of rotatable bonds is 6. The van der Waals surface area contributed by atoms with E-state index in [1.807, 2.05) is 30.3 Å². The zero-order chi connectivity index (χ0) is 24.5. The molecule has 1 aromatic heterocycles. The summed E-state index contributed by atoms with van der Waals surface area (Å²) in [7, 11) is -0.563. The highest BCUT2D eigenvalue weighted by atomic mass is 32.2. The first-order chi connectivity index (χ1) is 16.2. The van der Waals surface area contributed by atoms with E-state index in [2.05, 4.69) is 4.99 Å². The quantitative estimate of drug-likeness (QED) is 0.298. The predicted octanol–water partition coefficient (Wildman–Crippen LogP) is 3.71. The van der Waals surface area contributed by atoms with Gasteiger partial charge >= 0.3 is 0 Å². The van der Waals surface area contributed by atoms with E-state index >= 15 is 0 Å². The Hall–Kier alpha value is -3.67. The van der Waals surface area contributed by atoms with Crippen molar-refractivity contribution < 1.29 is 18.1 Å². The van der Waals surface area contributed by atoms with Gasteiger partial charge in [0.2, 0.25) is 10.0 Å². The van der Waals surface area contributed by atoms with Crippen molar-refractivity contribution in [3.05, 3.63) is 98.8 Å². The van der Waals surface area contributed by atoms with E-state index in [1.165, 1.54) is 59.1 Å². The van der Waals surface area contributed by atoms with Crippen LogP contribution in [0.15, 0.2) is 82.7 Å². The Kier molecular flexibility index (Phi) is 6.42. The van der Waals surface area contributed by atoms with Crippen molar-refractivity contribution in [3.63, 3.8) is 0 Å². The molecule has 4 aromatic rings. The second-order valence-corrected chi connectivity index (χ2v) is 10.6. The molecule has 0 saturated heterocycles. The molecule has 0 spiro atoms. The third kappa shape index (κ3) is 4.67. The Bertz CT molecular complexity index is 1560. The van der Waals surface area contributed by atoms with Gasteiger partial charge < -0.3 is 4.57 Å². The molecule has 34 heavy (non-hydrogen) atoms. The summed E-state index contributed by atoms with van der Waals surface area (Å²) in [6.07, 6.45) is 0. The molecule has 0 aliphatic rings. The molecular weight excluding hydrogens is 476 g/mol. The van der Waals surface area contributed by atoms with E-state index in [0.717, 1.165) is 10.3 Å². The van der Waals surface area contributed by atoms with E-state index in [1.54, 1.807) is 17.7 Å². The Morgan fingerprint density at radius 3 is 2.41 bits per heavy atom. The second kappa shape index (κ2) is 9.29. The molecule has 0 aliphatic heterocycles. The summed E-state index contributed by atoms with van der Waals surface area (Å²) in [4.78, 5) is 27.8. The van der Waals surface area contributed by atoms with Gasteiger partial charge in [0.05, 0.1) is 20.0 Å². The lowest BCUT2D eigenvalue weighted by Gasteiger charge is -2.17. The largest absolute Gasteiger partial charge is 0.319 e. The third-order valence-corrected chi connectivity index (χ3v) is 8.19. The number of nitro groups is 1. The monoisotopic (exact) mass is 496 g/mol. The van der Waals surface area contributed by atoms with Crippen LogP contribution in [-0.4, -0.2) is 35.2 Å². The van der Waals surface area contributed by atoms with Crippen LogP contribution < -0.4 is 4.80 Å². The third-order valence-electron chi connectivity index (χ3n) is 5.26. The number of fused-ring (bicyclic) bond motifs is 1. The number of thiazole rings is 1. The highest BCUT2D eigenvalue weighted by Crippen LogP contribution is 2.22. The smallest absolute Gasteiger partial charge is 0.279 e. The molecule has 0 unspecified atom stereocenters. The molecule has 1 amide bonds. The maximum Gasteiger partial charge on any atom is 0.279 e. The standard InChI is InChI=1S/C23H20N4O5S2/c1-25(15-16-6-4-3-5-7-16)34(31,32)19-11-8-17(9-12-19)22(28)24-23-26(2)20-14-18(27(29)30)10-13-21(20)33-23/h3-14H,15H2,1-2H3. The number of sulfonamides is 1. The van der Waals surface area contributed by atoms with Gasteiger partial charge in [-0.3, -0.25) is 14.9 Å². The highest BCUT2D eigenvalue weighted by Gasteiger charge is 2.21. The predicted molar refractivity (Wildman–Crippen MR) is 129 cm³/mol. The van der Waals surface area contributed by atoms with Gasteiger partial charge in [-0.25, -0.2) is 8.42 Å². The summed E-state index contributed by atoms with van der Waals surface area (Å²) in [5.41, 5.74) is 1.63. The maximum atomic E-state index is 12.9. The molecule has 0 atom stereocenters. The van der Waals surface area contributed by atoms with Crippen molar-refractivity contribution in [1.82, 2.24) is 8.87 Å². The number of aryl methyl sites for hydroxylation is 1. The number of carbonyl (C=O) groups is 1. The molecule has 0 fully saturated rings. The van der Waals surface area contributed by atoms with Crippen LogP contribution in [0.25, 0.3) is 10.2 Å². The molecule has 0 radical (unpaired) electrons. The lowest BCUT2D eigenvalue weighted by atomic mass is 10.2. The van der Waals surface area contributed by atoms with E-state index in [4.69, 9.17) is 0 Å². The van der Waals surface area contributed by atoms with E-state index in [-0.39, 0.29) is 22.7 Å². The van der Waals surface area contributed by atoms with Crippen LogP contribution in [0, 0.1) is 10.1 Å². The first-order valence-corrected chi connectivity index (χ1v) is 12.4. The first kappa shape index (κ1) is 23.5. The minimum atomic E-state index is -3.74. The molecule has 0 saturated carbocycles. The van der Waals surface area contributed by atoms with Gasteiger partial charge in [-0.05, 0) is 35.9 Å². The molecule has 9 nitrogen and oxygen atoms in total. The van der Waals surface area contributed by atoms with E-state index in [0.29, 0.717) is 10.3 Å². The Balaban J connectivity index is 1.58. The summed E-state index contributed by atoms with van der Waals surface area (Å²) in [5.74, 6) is -0.543. The van der Waals surface area contributed by atoms with Crippen LogP contribution >= 0.6 is 11.3 Å². The van der Waals surface area contributed by atoms with E-state index < -0.39 is 20.9 Å². The van der Waals surface area contributed by atoms with Crippen molar-refractivity contribution in [1.29, 1.82) is 0 Å². The highest BCUT2D eigenvalue weighted by molar-refractivity contribution is 7.89. The van der Waals surface area contributed by atoms with Gasteiger partial charge in [0, 0.05) is 38.3 Å². The number of aromatic nitrogens is 1. The molecule has 0 N–H and O–H groups in total. The number of non-ortho nitro benzene ring substituents is 1. The Morgan fingerprint density at radius 1 is 1.09 bits per heavy atom. The topological polar surface area (TPSA) is 115 Å². The number of nitro benzene ring substituents is 1. The Labute approximate surface area is 199 Å². The van der Waals surface area contributed by atoms with Crippen molar-refractivity contribution in [2.75, 3.05) is 7.05 Å². The lowest BCUT2D eigenvalue weighted by molar-refractivity contribution is -0.384. The summed E-state index contributed by atoms with van der Waals surface area (Å²) in [6.45, 7) is 0.222. The fourth-order valence-corrected chi connectivity index (χ4v) is 5.52. The van der Waals surface area contributed by atoms with Crippen LogP contribution in [0.2, 0.25) is 0 Å². The number of benzene rings is 3. The second-order valence-electron chi connectivity index (χ2n) is 7.54. The molecule has 4 rings (SSSR count). The van der Waals surface area contributed by atoms with Gasteiger partial charge in [-0.2, -0.15) is 9.30 Å². The Morgan fingerprint density at radius 2 is 1.76 bits per heavy atom. The number of hydrogen-bond acceptors (Lipinski definition) is 6. The fourth-order valence-electron chi connectivity index (χ4n) is 3.36. The van der Waals surface area contributed by atoms with Gasteiger partial charge in [0.1, 0.15) is 0 Å². The maximum absolute atomic E-state index is 12.9. The molecule has 11 heteroatoms. The van der Waals surface area contributed by atoms with Crippen LogP contribution in [0.5, 0.6) is 0 Å². The van der Waals surface area contributed by atoms with Gasteiger partial charge in [-0.1, -0.05) is 41.7 Å². The summed E-state index contributed by atoms with van der Waals surface area (Å²) in [6, 6.07) is 19.3. The van der Waals surface area contributed by atoms with Crippen LogP contribution in [0.3, 0.4) is 0 Å². The van der Waals surface area contributed by atoms with Gasteiger partial charge in [-0.15, -0.1) is 0 Å². The van der Waals surface area contributed by atoms with Gasteiger partial charge in [0.25, 0.3) is 11.6 Å². The average molecular weight is 497 g/mol. The fraction of sp³-hybridized carbons (Fsp3) is 0.130. The summed E-state index contributed by atoms with van der Waals surface area (Å²) < 4.78 is 29.4. The molecule has 174 valence electrons. The molecule has 0 bridgehead atoms. The minimum Gasteiger partial charge on any atom is -0.319 e. The molecular formula is C23H20N4O5S2. The molecule has 3 aromatic carbocycles.